The van der Waals surface area contributed by atoms with E-state index in [1.54, 1.807) is 18.7 Å². The molecular weight excluding hydrogens is 224 g/mol. The van der Waals surface area contributed by atoms with E-state index in [0.29, 0.717) is 19.6 Å². The summed E-state index contributed by atoms with van der Waals surface area (Å²) < 4.78 is 0. The van der Waals surface area contributed by atoms with Gasteiger partial charge in [0.05, 0.1) is 11.8 Å². The summed E-state index contributed by atoms with van der Waals surface area (Å²) in [5.41, 5.74) is 0. The lowest BCUT2D eigenvalue weighted by Gasteiger charge is -2.22. The number of nitrogens with zero attached hydrogens (tertiary/aromatic N) is 2. The van der Waals surface area contributed by atoms with Crippen LogP contribution < -0.4 is 0 Å². The number of carboxylic acids is 1. The van der Waals surface area contributed by atoms with Crippen LogP contribution in [0.5, 0.6) is 0 Å². The first-order valence-corrected chi connectivity index (χ1v) is 5.79. The van der Waals surface area contributed by atoms with E-state index in [2.05, 4.69) is 0 Å². The molecule has 3 unspecified atom stereocenters. The molecule has 1 N–H and O–H groups in total. The van der Waals surface area contributed by atoms with Crippen LogP contribution in [0.25, 0.3) is 0 Å². The van der Waals surface area contributed by atoms with Crippen LogP contribution in [0.2, 0.25) is 0 Å². The molecule has 0 aromatic heterocycles. The number of imide groups is 1. The smallest absolute Gasteiger partial charge is 0.320 e. The third kappa shape index (κ3) is 1.72. The lowest BCUT2D eigenvalue weighted by atomic mass is 10.00. The summed E-state index contributed by atoms with van der Waals surface area (Å²) in [6.45, 7) is 4.50. The fourth-order valence-corrected chi connectivity index (χ4v) is 2.63. The van der Waals surface area contributed by atoms with E-state index in [1.807, 2.05) is 0 Å². The summed E-state index contributed by atoms with van der Waals surface area (Å²) in [6, 6.07) is -0.642. The summed E-state index contributed by atoms with van der Waals surface area (Å²) in [4.78, 5) is 37.6. The highest BCUT2D eigenvalue weighted by Gasteiger charge is 2.52. The summed E-state index contributed by atoms with van der Waals surface area (Å²) in [6.07, 6.45) is 0. The van der Waals surface area contributed by atoms with Gasteiger partial charge >= 0.3 is 5.97 Å². The van der Waals surface area contributed by atoms with Crippen LogP contribution in [0, 0.1) is 11.8 Å². The SMILES string of the molecule is CCN1C(=O)C2CN(C(C)C(=O)O)CC2C1=O. The fraction of sp³-hybridized carbons (Fsp3) is 0.727. The Bertz CT molecular complexity index is 358. The number of amides is 2. The fourth-order valence-electron chi connectivity index (χ4n) is 2.63. The highest BCUT2D eigenvalue weighted by atomic mass is 16.4. The van der Waals surface area contributed by atoms with E-state index in [1.165, 1.54) is 4.90 Å². The van der Waals surface area contributed by atoms with Crippen LogP contribution >= 0.6 is 0 Å². The summed E-state index contributed by atoms with van der Waals surface area (Å²) in [7, 11) is 0. The molecule has 0 aromatic carbocycles. The number of carbonyl (C=O) groups is 3. The topological polar surface area (TPSA) is 77.9 Å². The second kappa shape index (κ2) is 4.10. The Kier molecular flexibility index (Phi) is 2.91. The molecule has 2 aliphatic heterocycles. The first-order chi connectivity index (χ1) is 7.97. The molecule has 0 saturated carbocycles. The lowest BCUT2D eigenvalue weighted by Crippen LogP contribution is -2.41. The van der Waals surface area contributed by atoms with Gasteiger partial charge in [0.2, 0.25) is 11.8 Å². The van der Waals surface area contributed by atoms with Gasteiger partial charge in [-0.25, -0.2) is 0 Å². The number of carboxylic acid groups (broad SMARTS) is 1. The minimum absolute atomic E-state index is 0.150. The average Bonchev–Trinajstić information content (AvgIpc) is 2.80. The Morgan fingerprint density at radius 1 is 1.35 bits per heavy atom. The first kappa shape index (κ1) is 12.0. The summed E-state index contributed by atoms with van der Waals surface area (Å²) in [5, 5.41) is 8.91. The number of carbonyl (C=O) groups excluding carboxylic acids is 2. The number of aliphatic carboxylic acids is 1. The van der Waals surface area contributed by atoms with E-state index in [9.17, 15) is 14.4 Å². The molecule has 2 fully saturated rings. The van der Waals surface area contributed by atoms with Crippen molar-refractivity contribution >= 4 is 17.8 Å². The number of hydrogen-bond acceptors (Lipinski definition) is 4. The summed E-state index contributed by atoms with van der Waals surface area (Å²) in [5.74, 6) is -1.91. The maximum Gasteiger partial charge on any atom is 0.320 e. The van der Waals surface area contributed by atoms with Gasteiger partial charge < -0.3 is 5.11 Å². The molecule has 6 heteroatoms. The Hall–Kier alpha value is -1.43. The molecule has 94 valence electrons. The molecular formula is C11H16N2O4. The van der Waals surface area contributed by atoms with Crippen LogP contribution in [-0.4, -0.2) is 58.4 Å². The Balaban J connectivity index is 2.12. The minimum Gasteiger partial charge on any atom is -0.480 e. The standard InChI is InChI=1S/C11H16N2O4/c1-3-13-9(14)7-4-12(6(2)11(16)17)5-8(7)10(13)15/h6-8H,3-5H2,1-2H3,(H,16,17). The molecule has 17 heavy (non-hydrogen) atoms. The van der Waals surface area contributed by atoms with Crippen molar-refractivity contribution in [1.29, 1.82) is 0 Å². The van der Waals surface area contributed by atoms with Crippen LogP contribution in [-0.2, 0) is 14.4 Å². The van der Waals surface area contributed by atoms with Crippen LogP contribution in [0.15, 0.2) is 0 Å². The molecule has 2 heterocycles. The van der Waals surface area contributed by atoms with E-state index in [-0.39, 0.29) is 23.7 Å². The van der Waals surface area contributed by atoms with Gasteiger partial charge in [0, 0.05) is 19.6 Å². The normalized spacial score (nSPS) is 30.8. The van der Waals surface area contributed by atoms with Gasteiger partial charge in [0.25, 0.3) is 0 Å². The van der Waals surface area contributed by atoms with Crippen molar-refractivity contribution in [1.82, 2.24) is 9.80 Å². The van der Waals surface area contributed by atoms with E-state index in [0.717, 1.165) is 0 Å². The number of fused-ring (bicyclic) bond motifs is 1. The molecule has 0 bridgehead atoms. The highest BCUT2D eigenvalue weighted by Crippen LogP contribution is 2.34. The van der Waals surface area contributed by atoms with E-state index in [4.69, 9.17) is 5.11 Å². The minimum atomic E-state index is -0.919. The third-order valence-electron chi connectivity index (χ3n) is 3.74. The average molecular weight is 240 g/mol. The van der Waals surface area contributed by atoms with Crippen molar-refractivity contribution in [3.63, 3.8) is 0 Å². The highest BCUT2D eigenvalue weighted by molar-refractivity contribution is 6.05. The molecule has 0 aromatic rings. The van der Waals surface area contributed by atoms with Gasteiger partial charge in [-0.3, -0.25) is 24.2 Å². The Morgan fingerprint density at radius 2 is 1.82 bits per heavy atom. The zero-order valence-electron chi connectivity index (χ0n) is 9.92. The summed E-state index contributed by atoms with van der Waals surface area (Å²) >= 11 is 0. The van der Waals surface area contributed by atoms with Gasteiger partial charge in [0.1, 0.15) is 6.04 Å². The van der Waals surface area contributed by atoms with Crippen LogP contribution in [0.1, 0.15) is 13.8 Å². The van der Waals surface area contributed by atoms with Crippen molar-refractivity contribution in [2.45, 2.75) is 19.9 Å². The molecule has 0 radical (unpaired) electrons. The Labute approximate surface area is 99.2 Å². The van der Waals surface area contributed by atoms with Crippen molar-refractivity contribution in [3.05, 3.63) is 0 Å². The molecule has 2 amide bonds. The zero-order valence-corrected chi connectivity index (χ0v) is 9.92. The quantitative estimate of drug-likeness (QED) is 0.666. The van der Waals surface area contributed by atoms with Crippen molar-refractivity contribution in [2.24, 2.45) is 11.8 Å². The van der Waals surface area contributed by atoms with Gasteiger partial charge in [0.15, 0.2) is 0 Å². The third-order valence-corrected chi connectivity index (χ3v) is 3.74. The molecule has 6 nitrogen and oxygen atoms in total. The van der Waals surface area contributed by atoms with Crippen molar-refractivity contribution in [2.75, 3.05) is 19.6 Å². The molecule has 0 spiro atoms. The van der Waals surface area contributed by atoms with E-state index >= 15 is 0 Å². The molecule has 2 aliphatic rings. The molecule has 0 aliphatic carbocycles. The zero-order chi connectivity index (χ0) is 12.7. The second-order valence-electron chi connectivity index (χ2n) is 4.60. The van der Waals surface area contributed by atoms with Crippen LogP contribution in [0.3, 0.4) is 0 Å². The molecule has 3 atom stereocenters. The first-order valence-electron chi connectivity index (χ1n) is 5.79. The number of hydrogen-bond donors (Lipinski definition) is 1. The largest absolute Gasteiger partial charge is 0.480 e. The number of likely N-dealkylation sites (tertiary alicyclic amines) is 2. The van der Waals surface area contributed by atoms with Gasteiger partial charge in [-0.15, -0.1) is 0 Å². The monoisotopic (exact) mass is 240 g/mol. The van der Waals surface area contributed by atoms with Gasteiger partial charge in [-0.1, -0.05) is 0 Å². The van der Waals surface area contributed by atoms with Crippen molar-refractivity contribution in [3.8, 4) is 0 Å². The molecule has 2 rings (SSSR count). The van der Waals surface area contributed by atoms with Gasteiger partial charge in [-0.2, -0.15) is 0 Å². The maximum absolute atomic E-state index is 11.9. The maximum atomic E-state index is 11.9. The number of rotatable bonds is 3. The lowest BCUT2D eigenvalue weighted by molar-refractivity contribution is -0.145. The predicted octanol–water partition coefficient (Wildman–Crippen LogP) is -0.604. The van der Waals surface area contributed by atoms with Crippen LogP contribution in [0.4, 0.5) is 0 Å². The molecule has 2 saturated heterocycles. The Morgan fingerprint density at radius 3 is 2.18 bits per heavy atom. The van der Waals surface area contributed by atoms with Crippen molar-refractivity contribution < 1.29 is 19.5 Å². The van der Waals surface area contributed by atoms with Gasteiger partial charge in [-0.05, 0) is 13.8 Å². The van der Waals surface area contributed by atoms with E-state index < -0.39 is 12.0 Å². The second-order valence-corrected chi connectivity index (χ2v) is 4.60. The predicted molar refractivity (Wildman–Crippen MR) is 58.0 cm³/mol.